The molecule has 0 saturated carbocycles. The summed E-state index contributed by atoms with van der Waals surface area (Å²) in [4.78, 5) is 8.63. The van der Waals surface area contributed by atoms with Crippen molar-refractivity contribution in [1.82, 2.24) is 19.1 Å². The minimum atomic E-state index is 0.267. The van der Waals surface area contributed by atoms with Gasteiger partial charge in [-0.25, -0.2) is 9.97 Å². The summed E-state index contributed by atoms with van der Waals surface area (Å²) in [7, 11) is 3.71. The van der Waals surface area contributed by atoms with E-state index in [9.17, 15) is 0 Å². The molecular weight excluding hydrogens is 242 g/mol. The van der Waals surface area contributed by atoms with Crippen LogP contribution in [-0.2, 0) is 18.2 Å². The van der Waals surface area contributed by atoms with Crippen molar-refractivity contribution >= 4 is 5.95 Å². The van der Waals surface area contributed by atoms with Gasteiger partial charge < -0.3 is 19.2 Å². The Morgan fingerprint density at radius 2 is 2.11 bits per heavy atom. The zero-order valence-electron chi connectivity index (χ0n) is 11.7. The van der Waals surface area contributed by atoms with Crippen molar-refractivity contribution in [3.05, 3.63) is 30.6 Å². The molecule has 2 rings (SSSR count). The highest BCUT2D eigenvalue weighted by Gasteiger charge is 2.09. The van der Waals surface area contributed by atoms with Crippen LogP contribution in [0.5, 0.6) is 0 Å². The summed E-state index contributed by atoms with van der Waals surface area (Å²) in [5.74, 6) is 1.94. The number of rotatable bonds is 7. The molecule has 0 fully saturated rings. The summed E-state index contributed by atoms with van der Waals surface area (Å²) in [6.07, 6.45) is 8.41. The molecule has 0 bridgehead atoms. The van der Waals surface area contributed by atoms with Gasteiger partial charge in [-0.05, 0) is 6.92 Å². The molecule has 0 aliphatic heterocycles. The molecule has 6 heteroatoms. The van der Waals surface area contributed by atoms with Gasteiger partial charge in [-0.3, -0.25) is 0 Å². The molecule has 104 valence electrons. The van der Waals surface area contributed by atoms with Gasteiger partial charge in [0.05, 0.1) is 12.6 Å². The SMILES string of the molecule is COCC(C)n1ccnc1NCCc1nccn1C. The third kappa shape index (κ3) is 3.35. The van der Waals surface area contributed by atoms with Crippen molar-refractivity contribution in [3.8, 4) is 0 Å². The topological polar surface area (TPSA) is 56.9 Å². The lowest BCUT2D eigenvalue weighted by Gasteiger charge is -2.16. The van der Waals surface area contributed by atoms with Crippen LogP contribution in [0.2, 0.25) is 0 Å². The van der Waals surface area contributed by atoms with E-state index in [1.807, 2.05) is 30.2 Å². The molecule has 1 N–H and O–H groups in total. The molecule has 6 nitrogen and oxygen atoms in total. The first-order chi connectivity index (χ1) is 9.22. The van der Waals surface area contributed by atoms with E-state index in [1.54, 1.807) is 13.3 Å². The minimum Gasteiger partial charge on any atom is -0.383 e. The van der Waals surface area contributed by atoms with E-state index in [0.717, 1.165) is 24.7 Å². The number of anilines is 1. The maximum atomic E-state index is 5.17. The van der Waals surface area contributed by atoms with Crippen LogP contribution in [0.25, 0.3) is 0 Å². The summed E-state index contributed by atoms with van der Waals surface area (Å²) in [6, 6.07) is 0.267. The van der Waals surface area contributed by atoms with Gasteiger partial charge in [0.2, 0.25) is 5.95 Å². The van der Waals surface area contributed by atoms with Gasteiger partial charge in [0, 0.05) is 51.9 Å². The zero-order chi connectivity index (χ0) is 13.7. The summed E-state index contributed by atoms with van der Waals surface area (Å²) in [5.41, 5.74) is 0. The number of methoxy groups -OCH3 is 1. The molecule has 0 radical (unpaired) electrons. The molecular formula is C13H21N5O. The van der Waals surface area contributed by atoms with E-state index in [-0.39, 0.29) is 6.04 Å². The fourth-order valence-corrected chi connectivity index (χ4v) is 2.05. The molecule has 2 aromatic heterocycles. The normalized spacial score (nSPS) is 12.6. The standard InChI is InChI=1S/C13H21N5O/c1-11(10-19-3)18-9-7-16-13(18)15-5-4-12-14-6-8-17(12)2/h6-9,11H,4-5,10H2,1-3H3,(H,15,16). The highest BCUT2D eigenvalue weighted by atomic mass is 16.5. The average molecular weight is 263 g/mol. The van der Waals surface area contributed by atoms with Crippen molar-refractivity contribution in [2.45, 2.75) is 19.4 Å². The number of nitrogens with zero attached hydrogens (tertiary/aromatic N) is 4. The Hall–Kier alpha value is -1.82. The maximum absolute atomic E-state index is 5.17. The van der Waals surface area contributed by atoms with Crippen LogP contribution in [0.15, 0.2) is 24.8 Å². The molecule has 2 aromatic rings. The fraction of sp³-hybridized carbons (Fsp3) is 0.538. The van der Waals surface area contributed by atoms with Crippen molar-refractivity contribution in [3.63, 3.8) is 0 Å². The molecule has 1 unspecified atom stereocenters. The zero-order valence-corrected chi connectivity index (χ0v) is 11.7. The van der Waals surface area contributed by atoms with E-state index in [4.69, 9.17) is 4.74 Å². The van der Waals surface area contributed by atoms with Crippen molar-refractivity contribution in [1.29, 1.82) is 0 Å². The third-order valence-electron chi connectivity index (χ3n) is 3.10. The second-order valence-electron chi connectivity index (χ2n) is 4.59. The van der Waals surface area contributed by atoms with E-state index in [0.29, 0.717) is 6.61 Å². The molecule has 0 saturated heterocycles. The monoisotopic (exact) mass is 263 g/mol. The first kappa shape index (κ1) is 13.6. The van der Waals surface area contributed by atoms with Crippen LogP contribution >= 0.6 is 0 Å². The molecule has 0 spiro atoms. The minimum absolute atomic E-state index is 0.267. The Morgan fingerprint density at radius 3 is 2.79 bits per heavy atom. The third-order valence-corrected chi connectivity index (χ3v) is 3.10. The molecule has 19 heavy (non-hydrogen) atoms. The van der Waals surface area contributed by atoms with Gasteiger partial charge in [-0.2, -0.15) is 0 Å². The first-order valence-corrected chi connectivity index (χ1v) is 6.44. The fourth-order valence-electron chi connectivity index (χ4n) is 2.05. The lowest BCUT2D eigenvalue weighted by atomic mass is 10.3. The summed E-state index contributed by atoms with van der Waals surface area (Å²) < 4.78 is 9.29. The molecule has 2 heterocycles. The van der Waals surface area contributed by atoms with Gasteiger partial charge in [0.25, 0.3) is 0 Å². The van der Waals surface area contributed by atoms with Gasteiger partial charge in [0.15, 0.2) is 0 Å². The number of nitrogens with one attached hydrogen (secondary N) is 1. The number of aromatic nitrogens is 4. The quantitative estimate of drug-likeness (QED) is 0.822. The first-order valence-electron chi connectivity index (χ1n) is 6.44. The molecule has 0 aliphatic carbocycles. The number of hydrogen-bond acceptors (Lipinski definition) is 4. The lowest BCUT2D eigenvalue weighted by Crippen LogP contribution is -2.16. The van der Waals surface area contributed by atoms with E-state index in [2.05, 4.69) is 26.8 Å². The number of hydrogen-bond donors (Lipinski definition) is 1. The molecule has 0 aromatic carbocycles. The Bertz CT molecular complexity index is 505. The number of imidazole rings is 2. The highest BCUT2D eigenvalue weighted by Crippen LogP contribution is 2.13. The van der Waals surface area contributed by atoms with Gasteiger partial charge in [-0.1, -0.05) is 0 Å². The maximum Gasteiger partial charge on any atom is 0.203 e. The summed E-state index contributed by atoms with van der Waals surface area (Å²) in [6.45, 7) is 3.58. The molecule has 0 aliphatic rings. The predicted octanol–water partition coefficient (Wildman–Crippen LogP) is 1.48. The van der Waals surface area contributed by atoms with Crippen LogP contribution in [0.3, 0.4) is 0 Å². The van der Waals surface area contributed by atoms with Crippen LogP contribution in [0.4, 0.5) is 5.95 Å². The van der Waals surface area contributed by atoms with Crippen molar-refractivity contribution in [2.75, 3.05) is 25.6 Å². The van der Waals surface area contributed by atoms with Gasteiger partial charge in [-0.15, -0.1) is 0 Å². The van der Waals surface area contributed by atoms with Crippen LogP contribution in [-0.4, -0.2) is 39.4 Å². The summed E-state index contributed by atoms with van der Waals surface area (Å²) >= 11 is 0. The van der Waals surface area contributed by atoms with Crippen LogP contribution in [0, 0.1) is 0 Å². The summed E-state index contributed by atoms with van der Waals surface area (Å²) in [5, 5.41) is 3.34. The Morgan fingerprint density at radius 1 is 1.32 bits per heavy atom. The smallest absolute Gasteiger partial charge is 0.203 e. The molecule has 1 atom stereocenters. The van der Waals surface area contributed by atoms with E-state index < -0.39 is 0 Å². The average Bonchev–Trinajstić information content (AvgIpc) is 3.00. The van der Waals surface area contributed by atoms with Crippen molar-refractivity contribution < 1.29 is 4.74 Å². The van der Waals surface area contributed by atoms with E-state index >= 15 is 0 Å². The Kier molecular flexibility index (Phi) is 4.57. The number of aryl methyl sites for hydroxylation is 1. The predicted molar refractivity (Wildman–Crippen MR) is 74.2 cm³/mol. The highest BCUT2D eigenvalue weighted by molar-refractivity contribution is 5.26. The van der Waals surface area contributed by atoms with Crippen molar-refractivity contribution in [2.24, 2.45) is 7.05 Å². The number of ether oxygens (including phenoxy) is 1. The van der Waals surface area contributed by atoms with Gasteiger partial charge in [0.1, 0.15) is 5.82 Å². The largest absolute Gasteiger partial charge is 0.383 e. The lowest BCUT2D eigenvalue weighted by molar-refractivity contribution is 0.163. The van der Waals surface area contributed by atoms with Crippen LogP contribution < -0.4 is 5.32 Å². The van der Waals surface area contributed by atoms with Crippen LogP contribution in [0.1, 0.15) is 18.8 Å². The van der Waals surface area contributed by atoms with Gasteiger partial charge >= 0.3 is 0 Å². The van der Waals surface area contributed by atoms with E-state index in [1.165, 1.54) is 0 Å². The second kappa shape index (κ2) is 6.38. The molecule has 0 amide bonds. The Balaban J connectivity index is 1.89. The Labute approximate surface area is 113 Å². The second-order valence-corrected chi connectivity index (χ2v) is 4.59.